The summed E-state index contributed by atoms with van der Waals surface area (Å²) >= 11 is 0.931. The number of halogens is 3. The second-order valence-corrected chi connectivity index (χ2v) is 7.07. The molecule has 0 unspecified atom stereocenters. The summed E-state index contributed by atoms with van der Waals surface area (Å²) in [4.78, 5) is 20.7. The van der Waals surface area contributed by atoms with E-state index in [1.807, 2.05) is 6.07 Å². The van der Waals surface area contributed by atoms with Gasteiger partial charge in [-0.3, -0.25) is 9.79 Å². The monoisotopic (exact) mass is 429 g/mol. The van der Waals surface area contributed by atoms with Crippen LogP contribution in [0.4, 0.5) is 13.2 Å². The maximum Gasteiger partial charge on any atom is 0.434 e. The van der Waals surface area contributed by atoms with Crippen molar-refractivity contribution in [2.75, 3.05) is 27.7 Å². The summed E-state index contributed by atoms with van der Waals surface area (Å²) in [5, 5.41) is 7.28. The predicted octanol–water partition coefficient (Wildman–Crippen LogP) is 2.49. The topological polar surface area (TPSA) is 78.9 Å². The molecule has 0 saturated heterocycles. The number of nitrogens with zero attached hydrogens (tertiary/aromatic N) is 3. The molecular formula is C18H22F3N5O2S. The minimum atomic E-state index is -4.45. The zero-order valence-electron chi connectivity index (χ0n) is 16.2. The van der Waals surface area contributed by atoms with Crippen LogP contribution >= 0.6 is 11.3 Å². The molecule has 0 radical (unpaired) electrons. The second-order valence-electron chi connectivity index (χ2n) is 6.13. The maximum atomic E-state index is 12.6. The standard InChI is InChI=1S/C18H22F3N5O2S/c1-22-17(24-9-15-25-14(11-29-15)18(19,20)21)23-8-12-5-4-6-13(7-12)28-10-16(27)26(2)3/h4-7,11H,8-10H2,1-3H3,(H2,22,23,24). The van der Waals surface area contributed by atoms with Crippen LogP contribution < -0.4 is 15.4 Å². The average Bonchev–Trinajstić information content (AvgIpc) is 3.16. The first kappa shape index (κ1) is 22.5. The van der Waals surface area contributed by atoms with E-state index < -0.39 is 11.9 Å². The third-order valence-corrected chi connectivity index (χ3v) is 4.54. The zero-order valence-corrected chi connectivity index (χ0v) is 17.0. The molecule has 2 N–H and O–H groups in total. The molecule has 29 heavy (non-hydrogen) atoms. The van der Waals surface area contributed by atoms with Crippen molar-refractivity contribution in [3.8, 4) is 5.75 Å². The maximum absolute atomic E-state index is 12.6. The Hall–Kier alpha value is -2.82. The first-order chi connectivity index (χ1) is 13.7. The summed E-state index contributed by atoms with van der Waals surface area (Å²) in [5.41, 5.74) is -0.0110. The molecule has 0 bridgehead atoms. The van der Waals surface area contributed by atoms with Gasteiger partial charge in [0.1, 0.15) is 10.8 Å². The summed E-state index contributed by atoms with van der Waals surface area (Å²) in [6, 6.07) is 7.22. The zero-order chi connectivity index (χ0) is 21.4. The first-order valence-electron chi connectivity index (χ1n) is 8.57. The summed E-state index contributed by atoms with van der Waals surface area (Å²) in [6.45, 7) is 0.473. The van der Waals surface area contributed by atoms with Crippen LogP contribution in [-0.2, 0) is 24.1 Å². The Labute approximate surface area is 170 Å². The minimum absolute atomic E-state index is 0.0547. The highest BCUT2D eigenvalue weighted by Crippen LogP contribution is 2.29. The van der Waals surface area contributed by atoms with Crippen LogP contribution in [0.5, 0.6) is 5.75 Å². The van der Waals surface area contributed by atoms with Crippen molar-refractivity contribution in [2.24, 2.45) is 4.99 Å². The number of aliphatic imine (C=N–C) groups is 1. The molecule has 0 aliphatic rings. The van der Waals surface area contributed by atoms with E-state index in [0.29, 0.717) is 23.3 Å². The van der Waals surface area contributed by atoms with E-state index in [2.05, 4.69) is 20.6 Å². The fraction of sp³-hybridized carbons (Fsp3) is 0.389. The number of hydrogen-bond donors (Lipinski definition) is 2. The quantitative estimate of drug-likeness (QED) is 0.522. The molecule has 0 aliphatic heterocycles. The molecular weight excluding hydrogens is 407 g/mol. The number of nitrogens with one attached hydrogen (secondary N) is 2. The molecule has 11 heteroatoms. The van der Waals surface area contributed by atoms with Gasteiger partial charge in [-0.25, -0.2) is 4.98 Å². The number of thiazole rings is 1. The highest BCUT2D eigenvalue weighted by molar-refractivity contribution is 7.09. The van der Waals surface area contributed by atoms with Crippen LogP contribution in [0.15, 0.2) is 34.6 Å². The molecule has 0 atom stereocenters. The van der Waals surface area contributed by atoms with Gasteiger partial charge in [-0.15, -0.1) is 11.3 Å². The summed E-state index contributed by atoms with van der Waals surface area (Å²) < 4.78 is 43.3. The van der Waals surface area contributed by atoms with E-state index in [1.165, 1.54) is 4.90 Å². The van der Waals surface area contributed by atoms with Gasteiger partial charge in [0, 0.05) is 33.1 Å². The van der Waals surface area contributed by atoms with Gasteiger partial charge in [-0.05, 0) is 17.7 Å². The Morgan fingerprint density at radius 3 is 2.62 bits per heavy atom. The summed E-state index contributed by atoms with van der Waals surface area (Å²) in [7, 11) is 4.87. The van der Waals surface area contributed by atoms with Gasteiger partial charge in [0.25, 0.3) is 5.91 Å². The number of benzene rings is 1. The Morgan fingerprint density at radius 1 is 1.28 bits per heavy atom. The lowest BCUT2D eigenvalue weighted by Gasteiger charge is -2.13. The third kappa shape index (κ3) is 7.26. The van der Waals surface area contributed by atoms with Crippen molar-refractivity contribution in [3.05, 3.63) is 45.9 Å². The van der Waals surface area contributed by atoms with Crippen LogP contribution in [-0.4, -0.2) is 49.5 Å². The Bertz CT molecular complexity index is 852. The molecule has 7 nitrogen and oxygen atoms in total. The smallest absolute Gasteiger partial charge is 0.434 e. The lowest BCUT2D eigenvalue weighted by molar-refractivity contribution is -0.140. The van der Waals surface area contributed by atoms with E-state index in [9.17, 15) is 18.0 Å². The number of ether oxygens (including phenoxy) is 1. The van der Waals surface area contributed by atoms with Gasteiger partial charge < -0.3 is 20.3 Å². The van der Waals surface area contributed by atoms with Crippen LogP contribution in [0, 0.1) is 0 Å². The predicted molar refractivity (Wildman–Crippen MR) is 105 cm³/mol. The lowest BCUT2D eigenvalue weighted by Crippen LogP contribution is -2.36. The SMILES string of the molecule is CN=C(NCc1cccc(OCC(=O)N(C)C)c1)NCc1nc(C(F)(F)F)cs1. The van der Waals surface area contributed by atoms with Crippen LogP contribution in [0.25, 0.3) is 0 Å². The summed E-state index contributed by atoms with van der Waals surface area (Å²) in [6.07, 6.45) is -4.45. The Kier molecular flexibility index (Phi) is 7.82. The highest BCUT2D eigenvalue weighted by Gasteiger charge is 2.33. The van der Waals surface area contributed by atoms with Gasteiger partial charge >= 0.3 is 6.18 Å². The number of amides is 1. The van der Waals surface area contributed by atoms with Gasteiger partial charge in [-0.1, -0.05) is 12.1 Å². The van der Waals surface area contributed by atoms with E-state index in [4.69, 9.17) is 4.74 Å². The van der Waals surface area contributed by atoms with Gasteiger partial charge in [0.05, 0.1) is 6.54 Å². The van der Waals surface area contributed by atoms with Gasteiger partial charge in [0.2, 0.25) is 0 Å². The number of guanidine groups is 1. The molecule has 1 aromatic carbocycles. The normalized spacial score (nSPS) is 11.9. The largest absolute Gasteiger partial charge is 0.484 e. The molecule has 0 aliphatic carbocycles. The molecule has 0 spiro atoms. The number of likely N-dealkylation sites (N-methyl/N-ethyl adjacent to an activating group) is 1. The van der Waals surface area contributed by atoms with Crippen molar-refractivity contribution in [2.45, 2.75) is 19.3 Å². The number of rotatable bonds is 7. The second kappa shape index (κ2) is 10.1. The first-order valence-corrected chi connectivity index (χ1v) is 9.45. The van der Waals surface area contributed by atoms with Crippen molar-refractivity contribution >= 4 is 23.2 Å². The summed E-state index contributed by atoms with van der Waals surface area (Å²) in [5.74, 6) is 0.835. The van der Waals surface area contributed by atoms with E-state index in [0.717, 1.165) is 22.3 Å². The Morgan fingerprint density at radius 2 is 2.00 bits per heavy atom. The number of aromatic nitrogens is 1. The number of alkyl halides is 3. The molecule has 2 rings (SSSR count). The third-order valence-electron chi connectivity index (χ3n) is 3.69. The van der Waals surface area contributed by atoms with E-state index >= 15 is 0 Å². The molecule has 2 aromatic rings. The van der Waals surface area contributed by atoms with Crippen molar-refractivity contribution < 1.29 is 22.7 Å². The molecule has 158 valence electrons. The van der Waals surface area contributed by atoms with Crippen LogP contribution in [0.1, 0.15) is 16.3 Å². The van der Waals surface area contributed by atoms with E-state index in [-0.39, 0.29) is 19.1 Å². The van der Waals surface area contributed by atoms with Crippen LogP contribution in [0.2, 0.25) is 0 Å². The van der Waals surface area contributed by atoms with Crippen LogP contribution in [0.3, 0.4) is 0 Å². The lowest BCUT2D eigenvalue weighted by atomic mass is 10.2. The fourth-order valence-electron chi connectivity index (χ4n) is 2.11. The Balaban J connectivity index is 1.85. The van der Waals surface area contributed by atoms with Crippen molar-refractivity contribution in [1.29, 1.82) is 0 Å². The number of carbonyl (C=O) groups is 1. The molecule has 1 aromatic heterocycles. The van der Waals surface area contributed by atoms with E-state index in [1.54, 1.807) is 39.3 Å². The molecule has 0 fully saturated rings. The highest BCUT2D eigenvalue weighted by atomic mass is 32.1. The van der Waals surface area contributed by atoms with Gasteiger partial charge in [0.15, 0.2) is 18.3 Å². The number of carbonyl (C=O) groups excluding carboxylic acids is 1. The molecule has 1 heterocycles. The average molecular weight is 429 g/mol. The number of hydrogen-bond acceptors (Lipinski definition) is 5. The fourth-order valence-corrected chi connectivity index (χ4v) is 2.85. The minimum Gasteiger partial charge on any atom is -0.484 e. The molecule has 1 amide bonds. The molecule has 0 saturated carbocycles. The van der Waals surface area contributed by atoms with Gasteiger partial charge in [-0.2, -0.15) is 13.2 Å². The van der Waals surface area contributed by atoms with Crippen molar-refractivity contribution in [1.82, 2.24) is 20.5 Å². The van der Waals surface area contributed by atoms with Crippen molar-refractivity contribution in [3.63, 3.8) is 0 Å².